The van der Waals surface area contributed by atoms with Crippen molar-refractivity contribution in [3.63, 3.8) is 0 Å². The SMILES string of the molecule is C[C@@H]1CCCN(Cc2c(O)c(Cl)cc3c4c(c(=O)oc23)CCCC4)C1. The second kappa shape index (κ2) is 6.65. The topological polar surface area (TPSA) is 53.7 Å². The second-order valence-electron chi connectivity index (χ2n) is 7.60. The van der Waals surface area contributed by atoms with Gasteiger partial charge in [-0.25, -0.2) is 4.79 Å². The predicted octanol–water partition coefficient (Wildman–Crippen LogP) is 4.26. The summed E-state index contributed by atoms with van der Waals surface area (Å²) >= 11 is 6.33. The van der Waals surface area contributed by atoms with Crippen molar-refractivity contribution in [2.75, 3.05) is 13.1 Å². The molecule has 1 aromatic carbocycles. The number of phenols is 1. The zero-order valence-electron chi connectivity index (χ0n) is 14.6. The third-order valence-electron chi connectivity index (χ3n) is 5.66. The standard InChI is InChI=1S/C20H24ClNO3/c1-12-5-4-8-22(10-12)11-16-18(23)17(21)9-15-13-6-2-3-7-14(13)20(24)25-19(15)16/h9,12,23H,2-8,10-11H2,1H3/t12-/m1/s1. The molecule has 2 heterocycles. The van der Waals surface area contributed by atoms with Crippen LogP contribution in [0.15, 0.2) is 15.3 Å². The van der Waals surface area contributed by atoms with Crippen molar-refractivity contribution in [2.45, 2.75) is 52.0 Å². The van der Waals surface area contributed by atoms with Gasteiger partial charge < -0.3 is 9.52 Å². The van der Waals surface area contributed by atoms with Gasteiger partial charge in [-0.1, -0.05) is 18.5 Å². The first kappa shape index (κ1) is 16.9. The number of aromatic hydroxyl groups is 1. The molecule has 1 aliphatic carbocycles. The number of phenolic OH excluding ortho intramolecular Hbond substituents is 1. The molecule has 2 aliphatic rings. The third-order valence-corrected chi connectivity index (χ3v) is 5.95. The number of aryl methyl sites for hydroxylation is 1. The van der Waals surface area contributed by atoms with Crippen LogP contribution < -0.4 is 5.63 Å². The number of halogens is 1. The second-order valence-corrected chi connectivity index (χ2v) is 8.01. The number of hydrogen-bond donors (Lipinski definition) is 1. The highest BCUT2D eigenvalue weighted by atomic mass is 35.5. The molecule has 1 N–H and O–H groups in total. The van der Waals surface area contributed by atoms with Gasteiger partial charge in [0, 0.05) is 24.0 Å². The van der Waals surface area contributed by atoms with Crippen LogP contribution in [0.5, 0.6) is 5.75 Å². The lowest BCUT2D eigenvalue weighted by Gasteiger charge is -2.31. The molecule has 0 saturated carbocycles. The van der Waals surface area contributed by atoms with Crippen molar-refractivity contribution in [3.05, 3.63) is 38.2 Å². The van der Waals surface area contributed by atoms with Gasteiger partial charge in [-0.2, -0.15) is 0 Å². The van der Waals surface area contributed by atoms with Gasteiger partial charge in [0.05, 0.1) is 10.6 Å². The maximum Gasteiger partial charge on any atom is 0.339 e. The van der Waals surface area contributed by atoms with Crippen LogP contribution in [0, 0.1) is 5.92 Å². The summed E-state index contributed by atoms with van der Waals surface area (Å²) in [7, 11) is 0. The lowest BCUT2D eigenvalue weighted by molar-refractivity contribution is 0.175. The van der Waals surface area contributed by atoms with E-state index in [-0.39, 0.29) is 11.4 Å². The molecule has 1 fully saturated rings. The van der Waals surface area contributed by atoms with Gasteiger partial charge in [0.15, 0.2) is 0 Å². The Balaban J connectivity index is 1.86. The van der Waals surface area contributed by atoms with E-state index in [1.54, 1.807) is 6.07 Å². The summed E-state index contributed by atoms with van der Waals surface area (Å²) in [6, 6.07) is 1.77. The first-order valence-corrected chi connectivity index (χ1v) is 9.63. The van der Waals surface area contributed by atoms with E-state index < -0.39 is 0 Å². The van der Waals surface area contributed by atoms with Crippen LogP contribution in [0.4, 0.5) is 0 Å². The predicted molar refractivity (Wildman–Crippen MR) is 99.5 cm³/mol. The van der Waals surface area contributed by atoms with Gasteiger partial charge in [0.25, 0.3) is 0 Å². The van der Waals surface area contributed by atoms with E-state index in [0.29, 0.717) is 28.6 Å². The van der Waals surface area contributed by atoms with Gasteiger partial charge in [0.1, 0.15) is 11.3 Å². The highest BCUT2D eigenvalue weighted by Gasteiger charge is 2.25. The molecule has 1 atom stereocenters. The molecule has 4 nitrogen and oxygen atoms in total. The van der Waals surface area contributed by atoms with Crippen molar-refractivity contribution in [1.82, 2.24) is 4.90 Å². The average Bonchev–Trinajstić information content (AvgIpc) is 2.60. The molecular formula is C20H24ClNO3. The summed E-state index contributed by atoms with van der Waals surface area (Å²) < 4.78 is 5.69. The largest absolute Gasteiger partial charge is 0.506 e. The van der Waals surface area contributed by atoms with E-state index in [1.807, 2.05) is 0 Å². The molecule has 1 saturated heterocycles. The van der Waals surface area contributed by atoms with E-state index in [2.05, 4.69) is 11.8 Å². The maximum absolute atomic E-state index is 12.5. The molecule has 5 heteroatoms. The fourth-order valence-corrected chi connectivity index (χ4v) is 4.62. The van der Waals surface area contributed by atoms with Crippen LogP contribution in [-0.2, 0) is 19.4 Å². The molecule has 25 heavy (non-hydrogen) atoms. The maximum atomic E-state index is 12.5. The number of piperidine rings is 1. The van der Waals surface area contributed by atoms with Crippen LogP contribution >= 0.6 is 11.6 Å². The fourth-order valence-electron chi connectivity index (χ4n) is 4.40. The number of fused-ring (bicyclic) bond motifs is 3. The molecule has 0 radical (unpaired) electrons. The van der Waals surface area contributed by atoms with Gasteiger partial charge in [-0.3, -0.25) is 4.90 Å². The summed E-state index contributed by atoms with van der Waals surface area (Å²) in [5, 5.41) is 11.8. The molecular weight excluding hydrogens is 338 g/mol. The highest BCUT2D eigenvalue weighted by Crippen LogP contribution is 2.38. The Hall–Kier alpha value is -1.52. The fraction of sp³-hybridized carbons (Fsp3) is 0.550. The lowest BCUT2D eigenvalue weighted by Crippen LogP contribution is -2.33. The molecule has 2 aromatic rings. The minimum absolute atomic E-state index is 0.0475. The van der Waals surface area contributed by atoms with Crippen LogP contribution in [0.1, 0.15) is 49.3 Å². The molecule has 1 aromatic heterocycles. The zero-order valence-corrected chi connectivity index (χ0v) is 15.4. The van der Waals surface area contributed by atoms with Crippen molar-refractivity contribution < 1.29 is 9.52 Å². The zero-order chi connectivity index (χ0) is 17.6. The molecule has 134 valence electrons. The third kappa shape index (κ3) is 3.06. The minimum Gasteiger partial charge on any atom is -0.506 e. The minimum atomic E-state index is -0.253. The van der Waals surface area contributed by atoms with Gasteiger partial charge >= 0.3 is 5.63 Å². The van der Waals surface area contributed by atoms with Crippen LogP contribution in [0.2, 0.25) is 5.02 Å². The lowest BCUT2D eigenvalue weighted by atomic mass is 9.89. The van der Waals surface area contributed by atoms with Crippen molar-refractivity contribution in [2.24, 2.45) is 5.92 Å². The normalized spacial score (nSPS) is 21.4. The van der Waals surface area contributed by atoms with E-state index in [4.69, 9.17) is 16.0 Å². The molecule has 0 amide bonds. The Morgan fingerprint density at radius 1 is 1.28 bits per heavy atom. The van der Waals surface area contributed by atoms with Crippen molar-refractivity contribution in [1.29, 1.82) is 0 Å². The van der Waals surface area contributed by atoms with E-state index in [1.165, 1.54) is 6.42 Å². The van der Waals surface area contributed by atoms with Crippen molar-refractivity contribution >= 4 is 22.6 Å². The van der Waals surface area contributed by atoms with Crippen molar-refractivity contribution in [3.8, 4) is 5.75 Å². The number of hydrogen-bond acceptors (Lipinski definition) is 4. The van der Waals surface area contributed by atoms with Gasteiger partial charge in [0.2, 0.25) is 0 Å². The summed E-state index contributed by atoms with van der Waals surface area (Å²) in [6.45, 7) is 4.79. The number of rotatable bonds is 2. The Morgan fingerprint density at radius 3 is 2.80 bits per heavy atom. The number of likely N-dealkylation sites (tertiary alicyclic amines) is 1. The average molecular weight is 362 g/mol. The van der Waals surface area contributed by atoms with E-state index >= 15 is 0 Å². The summed E-state index contributed by atoms with van der Waals surface area (Å²) in [5.74, 6) is 0.687. The monoisotopic (exact) mass is 361 g/mol. The van der Waals surface area contributed by atoms with Crippen LogP contribution in [0.3, 0.4) is 0 Å². The Morgan fingerprint density at radius 2 is 2.04 bits per heavy atom. The molecule has 4 rings (SSSR count). The number of nitrogens with zero attached hydrogens (tertiary/aromatic N) is 1. The summed E-state index contributed by atoms with van der Waals surface area (Å²) in [6.07, 6.45) is 6.13. The number of benzene rings is 1. The Labute approximate surface area is 152 Å². The molecule has 0 bridgehead atoms. The first-order chi connectivity index (χ1) is 12.0. The Bertz CT molecular complexity index is 874. The van der Waals surface area contributed by atoms with Gasteiger partial charge in [-0.15, -0.1) is 0 Å². The smallest absolute Gasteiger partial charge is 0.339 e. The van der Waals surface area contributed by atoms with Gasteiger partial charge in [-0.05, 0) is 62.6 Å². The molecule has 0 unspecified atom stereocenters. The summed E-state index contributed by atoms with van der Waals surface area (Å²) in [5.41, 5.74) is 2.77. The quantitative estimate of drug-likeness (QED) is 0.812. The molecule has 0 spiro atoms. The van der Waals surface area contributed by atoms with Crippen LogP contribution in [0.25, 0.3) is 11.0 Å². The molecule has 1 aliphatic heterocycles. The summed E-state index contributed by atoms with van der Waals surface area (Å²) in [4.78, 5) is 14.8. The van der Waals surface area contributed by atoms with E-state index in [0.717, 1.165) is 61.7 Å². The van der Waals surface area contributed by atoms with Crippen LogP contribution in [-0.4, -0.2) is 23.1 Å². The van der Waals surface area contributed by atoms with E-state index in [9.17, 15) is 9.90 Å². The first-order valence-electron chi connectivity index (χ1n) is 9.26. The Kier molecular flexibility index (Phi) is 4.50. The highest BCUT2D eigenvalue weighted by molar-refractivity contribution is 6.33.